The Bertz CT molecular complexity index is 564. The molecule has 0 radical (unpaired) electrons. The van der Waals surface area contributed by atoms with Crippen LogP contribution in [0, 0.1) is 5.82 Å². The van der Waals surface area contributed by atoms with Crippen molar-refractivity contribution in [2.75, 3.05) is 0 Å². The second-order valence-corrected chi connectivity index (χ2v) is 4.75. The lowest BCUT2D eigenvalue weighted by molar-refractivity contribution is 0.280. The maximum Gasteiger partial charge on any atom is 0.130 e. The van der Waals surface area contributed by atoms with Crippen molar-refractivity contribution in [1.29, 1.82) is 0 Å². The van der Waals surface area contributed by atoms with Gasteiger partial charge in [0.1, 0.15) is 17.3 Å². The van der Waals surface area contributed by atoms with E-state index in [9.17, 15) is 4.39 Å². The van der Waals surface area contributed by atoms with E-state index in [1.807, 2.05) is 24.3 Å². The predicted octanol–water partition coefficient (Wildman–Crippen LogP) is 4.23. The number of hydrogen-bond acceptors (Lipinski definition) is 2. The lowest BCUT2D eigenvalue weighted by Gasteiger charge is -2.14. The highest BCUT2D eigenvalue weighted by Gasteiger charge is 2.09. The van der Waals surface area contributed by atoms with Crippen LogP contribution in [0.1, 0.15) is 30.9 Å². The van der Waals surface area contributed by atoms with Crippen LogP contribution >= 0.6 is 0 Å². The molecule has 3 heteroatoms. The minimum absolute atomic E-state index is 0.208. The van der Waals surface area contributed by atoms with Gasteiger partial charge in [0.15, 0.2) is 0 Å². The number of benzene rings is 2. The van der Waals surface area contributed by atoms with Crippen molar-refractivity contribution in [2.24, 2.45) is 0 Å². The smallest absolute Gasteiger partial charge is 0.130 e. The summed E-state index contributed by atoms with van der Waals surface area (Å²) in [5.41, 5.74) is 1.56. The molecule has 2 aromatic rings. The zero-order valence-electron chi connectivity index (χ0n) is 11.1. The number of halogens is 1. The van der Waals surface area contributed by atoms with Crippen molar-refractivity contribution in [3.63, 3.8) is 0 Å². The molecular weight excluding hydrogens is 243 g/mol. The average molecular weight is 260 g/mol. The molecule has 0 saturated heterocycles. The monoisotopic (exact) mass is 260 g/mol. The van der Waals surface area contributed by atoms with Crippen LogP contribution in [0.5, 0.6) is 11.5 Å². The first kappa shape index (κ1) is 13.6. The molecule has 0 aliphatic heterocycles. The number of rotatable bonds is 4. The third kappa shape index (κ3) is 3.32. The van der Waals surface area contributed by atoms with Crippen LogP contribution in [0.4, 0.5) is 4.39 Å². The van der Waals surface area contributed by atoms with E-state index in [1.165, 1.54) is 12.1 Å². The fourth-order valence-electron chi connectivity index (χ4n) is 1.95. The predicted molar refractivity (Wildman–Crippen MR) is 72.9 cm³/mol. The molecule has 0 saturated carbocycles. The summed E-state index contributed by atoms with van der Waals surface area (Å²) in [7, 11) is 0. The SMILES string of the molecule is CC(C)c1ccccc1Oc1cc(F)cc(CO)c1. The van der Waals surface area contributed by atoms with Gasteiger partial charge in [-0.05, 0) is 35.2 Å². The van der Waals surface area contributed by atoms with Gasteiger partial charge in [-0.15, -0.1) is 0 Å². The van der Waals surface area contributed by atoms with Gasteiger partial charge < -0.3 is 9.84 Å². The van der Waals surface area contributed by atoms with E-state index >= 15 is 0 Å². The maximum absolute atomic E-state index is 13.4. The van der Waals surface area contributed by atoms with Gasteiger partial charge in [-0.25, -0.2) is 4.39 Å². The maximum atomic E-state index is 13.4. The van der Waals surface area contributed by atoms with Gasteiger partial charge in [-0.1, -0.05) is 32.0 Å². The largest absolute Gasteiger partial charge is 0.457 e. The molecule has 0 aliphatic rings. The third-order valence-corrected chi connectivity index (χ3v) is 2.88. The molecule has 0 bridgehead atoms. The summed E-state index contributed by atoms with van der Waals surface area (Å²) in [4.78, 5) is 0. The van der Waals surface area contributed by atoms with E-state index in [2.05, 4.69) is 13.8 Å². The first-order valence-corrected chi connectivity index (χ1v) is 6.27. The highest BCUT2D eigenvalue weighted by atomic mass is 19.1. The van der Waals surface area contributed by atoms with Crippen LogP contribution in [0.3, 0.4) is 0 Å². The highest BCUT2D eigenvalue weighted by Crippen LogP contribution is 2.31. The fourth-order valence-corrected chi connectivity index (χ4v) is 1.95. The van der Waals surface area contributed by atoms with Gasteiger partial charge in [-0.3, -0.25) is 0 Å². The Labute approximate surface area is 112 Å². The van der Waals surface area contributed by atoms with E-state index in [-0.39, 0.29) is 6.61 Å². The number of para-hydroxylation sites is 1. The Morgan fingerprint density at radius 3 is 2.58 bits per heavy atom. The van der Waals surface area contributed by atoms with Crippen molar-refractivity contribution in [1.82, 2.24) is 0 Å². The van der Waals surface area contributed by atoms with E-state index in [0.717, 1.165) is 5.56 Å². The Hall–Kier alpha value is -1.87. The molecular formula is C16H17FO2. The summed E-state index contributed by atoms with van der Waals surface area (Å²) in [5.74, 6) is 1.02. The summed E-state index contributed by atoms with van der Waals surface area (Å²) < 4.78 is 19.1. The van der Waals surface area contributed by atoms with Crippen LogP contribution in [0.25, 0.3) is 0 Å². The van der Waals surface area contributed by atoms with Gasteiger partial charge in [0.2, 0.25) is 0 Å². The molecule has 0 spiro atoms. The summed E-state index contributed by atoms with van der Waals surface area (Å²) in [6.45, 7) is 3.94. The summed E-state index contributed by atoms with van der Waals surface area (Å²) >= 11 is 0. The zero-order valence-corrected chi connectivity index (χ0v) is 11.1. The van der Waals surface area contributed by atoms with Gasteiger partial charge in [0.25, 0.3) is 0 Å². The molecule has 2 nitrogen and oxygen atoms in total. The molecule has 2 aromatic carbocycles. The summed E-state index contributed by atoms with van der Waals surface area (Å²) in [5, 5.41) is 9.07. The third-order valence-electron chi connectivity index (χ3n) is 2.88. The second kappa shape index (κ2) is 5.85. The molecule has 0 aromatic heterocycles. The normalized spacial score (nSPS) is 10.8. The summed E-state index contributed by atoms with van der Waals surface area (Å²) in [6.07, 6.45) is 0. The van der Waals surface area contributed by atoms with E-state index in [4.69, 9.17) is 9.84 Å². The zero-order chi connectivity index (χ0) is 13.8. The number of aliphatic hydroxyl groups excluding tert-OH is 1. The molecule has 1 N–H and O–H groups in total. The van der Waals surface area contributed by atoms with Crippen LogP contribution in [-0.4, -0.2) is 5.11 Å². The number of ether oxygens (including phenoxy) is 1. The van der Waals surface area contributed by atoms with E-state index < -0.39 is 5.82 Å². The van der Waals surface area contributed by atoms with Crippen LogP contribution in [0.2, 0.25) is 0 Å². The number of hydrogen-bond donors (Lipinski definition) is 1. The second-order valence-electron chi connectivity index (χ2n) is 4.75. The molecule has 2 rings (SSSR count). The topological polar surface area (TPSA) is 29.5 Å². The van der Waals surface area contributed by atoms with E-state index in [0.29, 0.717) is 23.0 Å². The Balaban J connectivity index is 2.33. The first-order chi connectivity index (χ1) is 9.10. The van der Waals surface area contributed by atoms with Gasteiger partial charge >= 0.3 is 0 Å². The molecule has 0 fully saturated rings. The minimum Gasteiger partial charge on any atom is -0.457 e. The minimum atomic E-state index is -0.413. The molecule has 0 atom stereocenters. The van der Waals surface area contributed by atoms with Crippen LogP contribution in [-0.2, 0) is 6.61 Å². The van der Waals surface area contributed by atoms with Crippen molar-refractivity contribution in [2.45, 2.75) is 26.4 Å². The van der Waals surface area contributed by atoms with Gasteiger partial charge in [-0.2, -0.15) is 0 Å². The number of aliphatic hydroxyl groups is 1. The van der Waals surface area contributed by atoms with Crippen LogP contribution in [0.15, 0.2) is 42.5 Å². The highest BCUT2D eigenvalue weighted by molar-refractivity contribution is 5.40. The van der Waals surface area contributed by atoms with Crippen molar-refractivity contribution >= 4 is 0 Å². The molecule has 100 valence electrons. The quantitative estimate of drug-likeness (QED) is 0.891. The van der Waals surface area contributed by atoms with Crippen molar-refractivity contribution in [3.8, 4) is 11.5 Å². The summed E-state index contributed by atoms with van der Waals surface area (Å²) in [6, 6.07) is 11.9. The molecule has 0 unspecified atom stereocenters. The fraction of sp³-hybridized carbons (Fsp3) is 0.250. The van der Waals surface area contributed by atoms with Gasteiger partial charge in [0.05, 0.1) is 6.61 Å². The lowest BCUT2D eigenvalue weighted by Crippen LogP contribution is -1.95. The van der Waals surface area contributed by atoms with E-state index in [1.54, 1.807) is 6.07 Å². The molecule has 0 amide bonds. The molecule has 0 aliphatic carbocycles. The van der Waals surface area contributed by atoms with Crippen molar-refractivity contribution < 1.29 is 14.2 Å². The lowest BCUT2D eigenvalue weighted by atomic mass is 10.0. The van der Waals surface area contributed by atoms with Crippen molar-refractivity contribution in [3.05, 3.63) is 59.4 Å². The molecule has 19 heavy (non-hydrogen) atoms. The van der Waals surface area contributed by atoms with Gasteiger partial charge in [0, 0.05) is 6.07 Å². The molecule has 0 heterocycles. The Morgan fingerprint density at radius 2 is 1.89 bits per heavy atom. The standard InChI is InChI=1S/C16H17FO2/c1-11(2)15-5-3-4-6-16(15)19-14-8-12(10-18)7-13(17)9-14/h3-9,11,18H,10H2,1-2H3. The average Bonchev–Trinajstić information content (AvgIpc) is 2.38. The Kier molecular flexibility index (Phi) is 4.17. The Morgan fingerprint density at radius 1 is 1.16 bits per heavy atom. The van der Waals surface area contributed by atoms with Crippen LogP contribution < -0.4 is 4.74 Å². The first-order valence-electron chi connectivity index (χ1n) is 6.27.